The van der Waals surface area contributed by atoms with Gasteiger partial charge in [-0.05, 0) is 44.2 Å². The Labute approximate surface area is 143 Å². The van der Waals surface area contributed by atoms with Crippen molar-refractivity contribution in [1.82, 2.24) is 19.9 Å². The van der Waals surface area contributed by atoms with Crippen LogP contribution in [0, 0.1) is 0 Å². The summed E-state index contributed by atoms with van der Waals surface area (Å²) in [5.74, 6) is 0.942. The Hall–Kier alpha value is -2.66. The third-order valence-corrected chi connectivity index (χ3v) is 4.20. The van der Waals surface area contributed by atoms with Crippen LogP contribution >= 0.6 is 11.6 Å². The highest BCUT2D eigenvalue weighted by Gasteiger charge is 2.14. The Morgan fingerprint density at radius 3 is 2.75 bits per heavy atom. The second kappa shape index (κ2) is 5.76. The molecule has 2 aromatic heterocycles. The summed E-state index contributed by atoms with van der Waals surface area (Å²) in [5.41, 5.74) is 2.69. The SMILES string of the molecule is CC(C)n1ncc2cc(-c3nc(-c4ccccc4Cl)no3)ccc21. The van der Waals surface area contributed by atoms with Gasteiger partial charge in [0.2, 0.25) is 5.82 Å². The van der Waals surface area contributed by atoms with Crippen molar-refractivity contribution in [3.8, 4) is 22.8 Å². The molecule has 5 nitrogen and oxygen atoms in total. The molecule has 0 spiro atoms. The zero-order chi connectivity index (χ0) is 16.7. The molecule has 2 heterocycles. The number of rotatable bonds is 3. The van der Waals surface area contributed by atoms with E-state index in [4.69, 9.17) is 16.1 Å². The van der Waals surface area contributed by atoms with Crippen molar-refractivity contribution in [3.05, 3.63) is 53.7 Å². The molecule has 0 saturated carbocycles. The molecule has 0 aliphatic carbocycles. The smallest absolute Gasteiger partial charge is 0.258 e. The van der Waals surface area contributed by atoms with E-state index in [1.807, 2.05) is 47.3 Å². The summed E-state index contributed by atoms with van der Waals surface area (Å²) in [7, 11) is 0. The fourth-order valence-electron chi connectivity index (χ4n) is 2.69. The summed E-state index contributed by atoms with van der Waals surface area (Å²) in [6.07, 6.45) is 1.85. The predicted octanol–water partition coefficient (Wildman–Crippen LogP) is 4.99. The summed E-state index contributed by atoms with van der Waals surface area (Å²) in [6, 6.07) is 13.7. The third kappa shape index (κ3) is 2.47. The van der Waals surface area contributed by atoms with Crippen LogP contribution in [0.25, 0.3) is 33.7 Å². The van der Waals surface area contributed by atoms with E-state index in [0.29, 0.717) is 22.8 Å². The third-order valence-electron chi connectivity index (χ3n) is 3.87. The van der Waals surface area contributed by atoms with Crippen LogP contribution in [0.3, 0.4) is 0 Å². The maximum atomic E-state index is 6.19. The summed E-state index contributed by atoms with van der Waals surface area (Å²) in [5, 5.41) is 10.1. The van der Waals surface area contributed by atoms with Crippen molar-refractivity contribution in [3.63, 3.8) is 0 Å². The summed E-state index contributed by atoms with van der Waals surface area (Å²) < 4.78 is 7.40. The van der Waals surface area contributed by atoms with Gasteiger partial charge in [0.1, 0.15) is 0 Å². The molecule has 120 valence electrons. The fourth-order valence-corrected chi connectivity index (χ4v) is 2.91. The lowest BCUT2D eigenvalue weighted by Gasteiger charge is -2.06. The van der Waals surface area contributed by atoms with E-state index in [0.717, 1.165) is 22.0 Å². The van der Waals surface area contributed by atoms with Crippen LogP contribution in [0.15, 0.2) is 53.2 Å². The van der Waals surface area contributed by atoms with Crippen LogP contribution in [-0.4, -0.2) is 19.9 Å². The molecule has 0 aliphatic heterocycles. The lowest BCUT2D eigenvalue weighted by atomic mass is 10.1. The molecule has 0 fully saturated rings. The average molecular weight is 339 g/mol. The fraction of sp³-hybridized carbons (Fsp3) is 0.167. The van der Waals surface area contributed by atoms with Crippen LogP contribution in [0.4, 0.5) is 0 Å². The average Bonchev–Trinajstić information content (AvgIpc) is 3.21. The Morgan fingerprint density at radius 1 is 1.12 bits per heavy atom. The molecule has 0 atom stereocenters. The van der Waals surface area contributed by atoms with Crippen LogP contribution < -0.4 is 0 Å². The first-order chi connectivity index (χ1) is 11.6. The van der Waals surface area contributed by atoms with Gasteiger partial charge in [-0.25, -0.2) is 0 Å². The minimum Gasteiger partial charge on any atom is -0.334 e. The molecule has 0 saturated heterocycles. The molecule has 24 heavy (non-hydrogen) atoms. The number of aromatic nitrogens is 4. The topological polar surface area (TPSA) is 56.7 Å². The first-order valence-corrected chi connectivity index (χ1v) is 8.07. The van der Waals surface area contributed by atoms with Gasteiger partial charge in [-0.15, -0.1) is 0 Å². The van der Waals surface area contributed by atoms with Gasteiger partial charge >= 0.3 is 0 Å². The lowest BCUT2D eigenvalue weighted by Crippen LogP contribution is -2.01. The summed E-state index contributed by atoms with van der Waals surface area (Å²) >= 11 is 6.19. The molecule has 0 bridgehead atoms. The molecule has 0 N–H and O–H groups in total. The molecule has 0 aliphatic rings. The maximum Gasteiger partial charge on any atom is 0.258 e. The predicted molar refractivity (Wildman–Crippen MR) is 93.9 cm³/mol. The normalized spacial score (nSPS) is 11.5. The molecule has 4 aromatic rings. The van der Waals surface area contributed by atoms with Gasteiger partial charge < -0.3 is 4.52 Å². The van der Waals surface area contributed by atoms with Gasteiger partial charge in [-0.2, -0.15) is 10.1 Å². The zero-order valence-electron chi connectivity index (χ0n) is 13.3. The summed E-state index contributed by atoms with van der Waals surface area (Å²) in [4.78, 5) is 4.47. The first kappa shape index (κ1) is 14.9. The van der Waals surface area contributed by atoms with E-state index in [9.17, 15) is 0 Å². The zero-order valence-corrected chi connectivity index (χ0v) is 14.0. The van der Waals surface area contributed by atoms with Crippen molar-refractivity contribution in [1.29, 1.82) is 0 Å². The van der Waals surface area contributed by atoms with Crippen molar-refractivity contribution in [2.45, 2.75) is 19.9 Å². The molecule has 4 rings (SSSR count). The van der Waals surface area contributed by atoms with Gasteiger partial charge in [0.05, 0.1) is 16.7 Å². The van der Waals surface area contributed by atoms with E-state index < -0.39 is 0 Å². The highest BCUT2D eigenvalue weighted by Crippen LogP contribution is 2.29. The lowest BCUT2D eigenvalue weighted by molar-refractivity contribution is 0.432. The van der Waals surface area contributed by atoms with Crippen LogP contribution in [-0.2, 0) is 0 Å². The van der Waals surface area contributed by atoms with Crippen molar-refractivity contribution < 1.29 is 4.52 Å². The number of fused-ring (bicyclic) bond motifs is 1. The molecular formula is C18H15ClN4O. The number of benzene rings is 2. The molecular weight excluding hydrogens is 324 g/mol. The molecule has 0 amide bonds. The Bertz CT molecular complexity index is 1020. The highest BCUT2D eigenvalue weighted by atomic mass is 35.5. The quantitative estimate of drug-likeness (QED) is 0.528. The monoisotopic (exact) mass is 338 g/mol. The van der Waals surface area contributed by atoms with Gasteiger partial charge in [0, 0.05) is 22.6 Å². The minimum absolute atomic E-state index is 0.309. The van der Waals surface area contributed by atoms with Crippen LogP contribution in [0.2, 0.25) is 5.02 Å². The number of hydrogen-bond acceptors (Lipinski definition) is 4. The van der Waals surface area contributed by atoms with Gasteiger partial charge in [-0.1, -0.05) is 28.9 Å². The van der Waals surface area contributed by atoms with Crippen molar-refractivity contribution in [2.75, 3.05) is 0 Å². The Morgan fingerprint density at radius 2 is 1.96 bits per heavy atom. The van der Waals surface area contributed by atoms with E-state index >= 15 is 0 Å². The largest absolute Gasteiger partial charge is 0.334 e. The highest BCUT2D eigenvalue weighted by molar-refractivity contribution is 6.33. The summed E-state index contributed by atoms with van der Waals surface area (Å²) in [6.45, 7) is 4.21. The van der Waals surface area contributed by atoms with Gasteiger partial charge in [0.15, 0.2) is 0 Å². The van der Waals surface area contributed by atoms with Gasteiger partial charge in [-0.3, -0.25) is 4.68 Å². The van der Waals surface area contributed by atoms with Crippen LogP contribution in [0.1, 0.15) is 19.9 Å². The number of halogens is 1. The van der Waals surface area contributed by atoms with E-state index in [1.54, 1.807) is 6.07 Å². The maximum absolute atomic E-state index is 6.19. The second-order valence-electron chi connectivity index (χ2n) is 5.86. The van der Waals surface area contributed by atoms with E-state index in [2.05, 4.69) is 29.1 Å². The molecule has 6 heteroatoms. The Balaban J connectivity index is 1.75. The first-order valence-electron chi connectivity index (χ1n) is 7.70. The van der Waals surface area contributed by atoms with Crippen molar-refractivity contribution >= 4 is 22.5 Å². The number of hydrogen-bond donors (Lipinski definition) is 0. The Kier molecular flexibility index (Phi) is 3.58. The van der Waals surface area contributed by atoms with Crippen LogP contribution in [0.5, 0.6) is 0 Å². The molecule has 0 unspecified atom stereocenters. The van der Waals surface area contributed by atoms with Gasteiger partial charge in [0.25, 0.3) is 5.89 Å². The van der Waals surface area contributed by atoms with E-state index in [-0.39, 0.29) is 0 Å². The minimum atomic E-state index is 0.309. The molecule has 0 radical (unpaired) electrons. The number of nitrogens with zero attached hydrogens (tertiary/aromatic N) is 4. The van der Waals surface area contributed by atoms with Crippen molar-refractivity contribution in [2.24, 2.45) is 0 Å². The van der Waals surface area contributed by atoms with E-state index in [1.165, 1.54) is 0 Å². The second-order valence-corrected chi connectivity index (χ2v) is 6.27. The standard InChI is InChI=1S/C18H15ClN4O/c1-11(2)23-16-8-7-12(9-13(16)10-20-23)18-21-17(22-24-18)14-5-3-4-6-15(14)19/h3-11H,1-2H3. The molecule has 2 aromatic carbocycles.